The number of sulfonamides is 1. The molecule has 0 bridgehead atoms. The molecule has 0 radical (unpaired) electrons. The van der Waals surface area contributed by atoms with Gasteiger partial charge in [-0.2, -0.15) is 0 Å². The van der Waals surface area contributed by atoms with E-state index >= 15 is 0 Å². The zero-order valence-corrected chi connectivity index (χ0v) is 12.5. The number of phenolic OH excluding ortho intramolecular Hbond substituents is 1. The Balaban J connectivity index is 2.26. The molecular formula is C13H18N2O5S. The van der Waals surface area contributed by atoms with Gasteiger partial charge in [-0.05, 0) is 30.9 Å². The fraction of sp³-hybridized carbons (Fsp3) is 0.538. The smallest absolute Gasteiger partial charge is 0.312 e. The second kappa shape index (κ2) is 5.98. The van der Waals surface area contributed by atoms with Crippen molar-refractivity contribution in [1.82, 2.24) is 4.31 Å². The SMILES string of the molecule is CN(CC1CCCC1)S(=O)(=O)c1ccc(O)c([N+](=O)[O-])c1. The average Bonchev–Trinajstić information content (AvgIpc) is 2.91. The number of nitro groups is 1. The van der Waals surface area contributed by atoms with Crippen LogP contribution in [0.2, 0.25) is 0 Å². The summed E-state index contributed by atoms with van der Waals surface area (Å²) < 4.78 is 26.1. The highest BCUT2D eigenvalue weighted by molar-refractivity contribution is 7.89. The Bertz CT molecular complexity index is 638. The van der Waals surface area contributed by atoms with Gasteiger partial charge in [-0.1, -0.05) is 12.8 Å². The Kier molecular flexibility index (Phi) is 4.48. The van der Waals surface area contributed by atoms with Gasteiger partial charge in [-0.25, -0.2) is 12.7 Å². The number of hydrogen-bond donors (Lipinski definition) is 1. The molecule has 7 nitrogen and oxygen atoms in total. The molecule has 0 spiro atoms. The van der Waals surface area contributed by atoms with Gasteiger partial charge in [-0.3, -0.25) is 10.1 Å². The fourth-order valence-electron chi connectivity index (χ4n) is 2.64. The number of nitro benzene ring substituents is 1. The molecule has 1 fully saturated rings. The minimum Gasteiger partial charge on any atom is -0.502 e. The first-order chi connectivity index (χ1) is 9.82. The van der Waals surface area contributed by atoms with Crippen LogP contribution in [0.15, 0.2) is 23.1 Å². The molecule has 1 aromatic carbocycles. The van der Waals surface area contributed by atoms with Crippen molar-refractivity contribution in [2.75, 3.05) is 13.6 Å². The number of aromatic hydroxyl groups is 1. The van der Waals surface area contributed by atoms with E-state index in [-0.39, 0.29) is 4.90 Å². The van der Waals surface area contributed by atoms with E-state index in [0.29, 0.717) is 12.5 Å². The van der Waals surface area contributed by atoms with Crippen molar-refractivity contribution >= 4 is 15.7 Å². The Hall–Kier alpha value is -1.67. The third-order valence-electron chi connectivity index (χ3n) is 3.84. The lowest BCUT2D eigenvalue weighted by Crippen LogP contribution is -2.31. The fourth-order valence-corrected chi connectivity index (χ4v) is 3.91. The molecule has 0 heterocycles. The summed E-state index contributed by atoms with van der Waals surface area (Å²) >= 11 is 0. The lowest BCUT2D eigenvalue weighted by atomic mass is 10.1. The number of phenols is 1. The van der Waals surface area contributed by atoms with E-state index < -0.39 is 26.4 Å². The second-order valence-electron chi connectivity index (χ2n) is 5.34. The summed E-state index contributed by atoms with van der Waals surface area (Å²) in [6.45, 7) is 0.414. The summed E-state index contributed by atoms with van der Waals surface area (Å²) in [5.41, 5.74) is -0.606. The molecule has 0 unspecified atom stereocenters. The first kappa shape index (κ1) is 15.7. The highest BCUT2D eigenvalue weighted by Crippen LogP contribution is 2.31. The first-order valence-corrected chi connectivity index (χ1v) is 8.20. The molecule has 1 aromatic rings. The molecule has 0 amide bonds. The summed E-state index contributed by atoms with van der Waals surface area (Å²) in [6, 6.07) is 3.12. The van der Waals surface area contributed by atoms with Gasteiger partial charge in [0.25, 0.3) is 0 Å². The second-order valence-corrected chi connectivity index (χ2v) is 7.39. The highest BCUT2D eigenvalue weighted by atomic mass is 32.2. The third-order valence-corrected chi connectivity index (χ3v) is 5.66. The average molecular weight is 314 g/mol. The summed E-state index contributed by atoms with van der Waals surface area (Å²) in [5.74, 6) is -0.200. The van der Waals surface area contributed by atoms with E-state index in [9.17, 15) is 23.6 Å². The van der Waals surface area contributed by atoms with Gasteiger partial charge in [0.15, 0.2) is 5.75 Å². The van der Waals surface area contributed by atoms with Crippen LogP contribution in [0.4, 0.5) is 5.69 Å². The molecule has 0 saturated heterocycles. The monoisotopic (exact) mass is 314 g/mol. The highest BCUT2D eigenvalue weighted by Gasteiger charge is 2.27. The van der Waals surface area contributed by atoms with Crippen LogP contribution in [-0.4, -0.2) is 36.3 Å². The van der Waals surface area contributed by atoms with Crippen LogP contribution in [0.5, 0.6) is 5.75 Å². The maximum atomic E-state index is 12.4. The van der Waals surface area contributed by atoms with Crippen LogP contribution in [0, 0.1) is 16.0 Å². The van der Waals surface area contributed by atoms with E-state index in [1.807, 2.05) is 0 Å². The van der Waals surface area contributed by atoms with Crippen molar-refractivity contribution in [3.8, 4) is 5.75 Å². The molecule has 1 N–H and O–H groups in total. The molecule has 8 heteroatoms. The maximum absolute atomic E-state index is 12.4. The van der Waals surface area contributed by atoms with Crippen molar-refractivity contribution in [3.63, 3.8) is 0 Å². The number of hydrogen-bond acceptors (Lipinski definition) is 5. The van der Waals surface area contributed by atoms with E-state index in [4.69, 9.17) is 0 Å². The molecule has 0 aliphatic heterocycles. The minimum atomic E-state index is -3.78. The van der Waals surface area contributed by atoms with Crippen LogP contribution in [0.1, 0.15) is 25.7 Å². The molecule has 0 atom stereocenters. The molecule has 21 heavy (non-hydrogen) atoms. The summed E-state index contributed by atoms with van der Waals surface area (Å²) in [7, 11) is -2.30. The van der Waals surface area contributed by atoms with Crippen molar-refractivity contribution in [3.05, 3.63) is 28.3 Å². The van der Waals surface area contributed by atoms with Gasteiger partial charge in [0, 0.05) is 19.7 Å². The topological polar surface area (TPSA) is 101 Å². The van der Waals surface area contributed by atoms with Crippen molar-refractivity contribution in [1.29, 1.82) is 0 Å². The maximum Gasteiger partial charge on any atom is 0.312 e. The molecule has 0 aromatic heterocycles. The minimum absolute atomic E-state index is 0.174. The Morgan fingerprint density at radius 1 is 1.38 bits per heavy atom. The predicted molar refractivity (Wildman–Crippen MR) is 76.5 cm³/mol. The number of rotatable bonds is 5. The van der Waals surface area contributed by atoms with Gasteiger partial charge in [0.2, 0.25) is 10.0 Å². The Morgan fingerprint density at radius 3 is 2.57 bits per heavy atom. The first-order valence-electron chi connectivity index (χ1n) is 6.76. The van der Waals surface area contributed by atoms with Crippen LogP contribution < -0.4 is 0 Å². The standard InChI is InChI=1S/C13H18N2O5S/c1-14(9-10-4-2-3-5-10)21(19,20)11-6-7-13(16)12(8-11)15(17)18/h6-8,10,16H,2-5,9H2,1H3. The molecule has 2 rings (SSSR count). The Labute approximate surface area is 123 Å². The quantitative estimate of drug-likeness (QED) is 0.662. The Morgan fingerprint density at radius 2 is 2.00 bits per heavy atom. The van der Waals surface area contributed by atoms with E-state index in [0.717, 1.165) is 37.8 Å². The third kappa shape index (κ3) is 3.33. The van der Waals surface area contributed by atoms with Gasteiger partial charge < -0.3 is 5.11 Å². The van der Waals surface area contributed by atoms with Gasteiger partial charge in [0.1, 0.15) is 0 Å². The van der Waals surface area contributed by atoms with Crippen LogP contribution in [-0.2, 0) is 10.0 Å². The van der Waals surface area contributed by atoms with E-state index in [1.165, 1.54) is 17.4 Å². The van der Waals surface area contributed by atoms with Crippen LogP contribution >= 0.6 is 0 Å². The zero-order valence-electron chi connectivity index (χ0n) is 11.7. The lowest BCUT2D eigenvalue weighted by molar-refractivity contribution is -0.386. The molecule has 1 aliphatic rings. The molecule has 116 valence electrons. The lowest BCUT2D eigenvalue weighted by Gasteiger charge is -2.20. The normalized spacial score (nSPS) is 16.5. The summed E-state index contributed by atoms with van der Waals surface area (Å²) in [4.78, 5) is 9.81. The summed E-state index contributed by atoms with van der Waals surface area (Å²) in [5, 5.41) is 20.2. The van der Waals surface area contributed by atoms with E-state index in [1.54, 1.807) is 0 Å². The molecule has 1 saturated carbocycles. The van der Waals surface area contributed by atoms with Crippen molar-refractivity contribution in [2.45, 2.75) is 30.6 Å². The van der Waals surface area contributed by atoms with Crippen molar-refractivity contribution < 1.29 is 18.4 Å². The number of benzene rings is 1. The van der Waals surface area contributed by atoms with Gasteiger partial charge in [0.05, 0.1) is 9.82 Å². The van der Waals surface area contributed by atoms with Crippen molar-refractivity contribution in [2.24, 2.45) is 5.92 Å². The largest absolute Gasteiger partial charge is 0.502 e. The van der Waals surface area contributed by atoms with Gasteiger partial charge in [-0.15, -0.1) is 0 Å². The van der Waals surface area contributed by atoms with E-state index in [2.05, 4.69) is 0 Å². The predicted octanol–water partition coefficient (Wildman–Crippen LogP) is 2.11. The molecular weight excluding hydrogens is 296 g/mol. The molecule has 1 aliphatic carbocycles. The van der Waals surface area contributed by atoms with Crippen LogP contribution in [0.25, 0.3) is 0 Å². The van der Waals surface area contributed by atoms with Crippen LogP contribution in [0.3, 0.4) is 0 Å². The number of nitrogens with zero attached hydrogens (tertiary/aromatic N) is 2. The summed E-state index contributed by atoms with van der Waals surface area (Å²) in [6.07, 6.45) is 4.25. The van der Waals surface area contributed by atoms with Gasteiger partial charge >= 0.3 is 5.69 Å². The zero-order chi connectivity index (χ0) is 15.6.